The molecule has 4 nitrogen and oxygen atoms in total. The second-order valence-electron chi connectivity index (χ2n) is 5.84. The number of rotatable bonds is 4. The van der Waals surface area contributed by atoms with Crippen molar-refractivity contribution < 1.29 is 27.4 Å². The standard InChI is InChI=1S/C19H16F3NO3/c1-23(11-14-2-6-15(7-3-14)19(20,21)22)18(24)9-5-13-4-8-16-17(10-13)26-12-25-16/h2-10H,11-12H2,1H3/b9-5+. The molecular formula is C19H16F3NO3. The van der Waals surface area contributed by atoms with E-state index in [0.717, 1.165) is 17.7 Å². The molecule has 1 heterocycles. The first-order valence-electron chi connectivity index (χ1n) is 7.82. The summed E-state index contributed by atoms with van der Waals surface area (Å²) in [5.74, 6) is 1.02. The SMILES string of the molecule is CN(Cc1ccc(C(F)(F)F)cc1)C(=O)/C=C/c1ccc2c(c1)OCO2. The maximum atomic E-state index is 12.6. The minimum absolute atomic E-state index is 0.178. The lowest BCUT2D eigenvalue weighted by molar-refractivity contribution is -0.137. The van der Waals surface area contributed by atoms with Crippen molar-refractivity contribution in [2.75, 3.05) is 13.8 Å². The van der Waals surface area contributed by atoms with Gasteiger partial charge in [-0.3, -0.25) is 4.79 Å². The summed E-state index contributed by atoms with van der Waals surface area (Å²) < 4.78 is 48.2. The number of ether oxygens (including phenoxy) is 2. The maximum absolute atomic E-state index is 12.6. The summed E-state index contributed by atoms with van der Waals surface area (Å²) >= 11 is 0. The molecule has 0 saturated carbocycles. The van der Waals surface area contributed by atoms with E-state index in [1.807, 2.05) is 0 Å². The molecule has 0 fully saturated rings. The summed E-state index contributed by atoms with van der Waals surface area (Å²) in [6.45, 7) is 0.389. The van der Waals surface area contributed by atoms with E-state index in [1.54, 1.807) is 31.3 Å². The van der Waals surface area contributed by atoms with Crippen LogP contribution >= 0.6 is 0 Å². The van der Waals surface area contributed by atoms with Crippen LogP contribution in [-0.2, 0) is 17.5 Å². The molecule has 2 aromatic rings. The van der Waals surface area contributed by atoms with Gasteiger partial charge < -0.3 is 14.4 Å². The normalized spacial score (nSPS) is 13.2. The zero-order valence-corrected chi connectivity index (χ0v) is 13.9. The van der Waals surface area contributed by atoms with E-state index in [1.165, 1.54) is 23.1 Å². The van der Waals surface area contributed by atoms with Crippen LogP contribution in [0.3, 0.4) is 0 Å². The van der Waals surface area contributed by atoms with Crippen molar-refractivity contribution in [2.45, 2.75) is 12.7 Å². The molecule has 0 radical (unpaired) electrons. The number of carbonyl (C=O) groups is 1. The molecule has 0 aromatic heterocycles. The molecular weight excluding hydrogens is 347 g/mol. The van der Waals surface area contributed by atoms with Crippen molar-refractivity contribution >= 4 is 12.0 Å². The van der Waals surface area contributed by atoms with Gasteiger partial charge in [-0.25, -0.2) is 0 Å². The van der Waals surface area contributed by atoms with Crippen LogP contribution in [0.2, 0.25) is 0 Å². The van der Waals surface area contributed by atoms with Gasteiger partial charge in [0.2, 0.25) is 12.7 Å². The number of alkyl halides is 3. The van der Waals surface area contributed by atoms with E-state index in [-0.39, 0.29) is 19.2 Å². The fourth-order valence-electron chi connectivity index (χ4n) is 2.46. The number of fused-ring (bicyclic) bond motifs is 1. The Bertz CT molecular complexity index is 829. The van der Waals surface area contributed by atoms with Gasteiger partial charge >= 0.3 is 6.18 Å². The average molecular weight is 363 g/mol. The summed E-state index contributed by atoms with van der Waals surface area (Å²) in [6, 6.07) is 10.1. The summed E-state index contributed by atoms with van der Waals surface area (Å²) in [4.78, 5) is 13.6. The van der Waals surface area contributed by atoms with Gasteiger partial charge in [0.05, 0.1) is 5.56 Å². The molecule has 2 aromatic carbocycles. The highest BCUT2D eigenvalue weighted by atomic mass is 19.4. The van der Waals surface area contributed by atoms with E-state index in [9.17, 15) is 18.0 Å². The number of halogens is 3. The molecule has 3 rings (SSSR count). The van der Waals surface area contributed by atoms with Crippen LogP contribution in [0.1, 0.15) is 16.7 Å². The largest absolute Gasteiger partial charge is 0.454 e. The quantitative estimate of drug-likeness (QED) is 0.768. The lowest BCUT2D eigenvalue weighted by Gasteiger charge is -2.16. The Morgan fingerprint density at radius 2 is 1.81 bits per heavy atom. The molecule has 0 saturated heterocycles. The molecule has 0 atom stereocenters. The van der Waals surface area contributed by atoms with Gasteiger partial charge in [-0.15, -0.1) is 0 Å². The van der Waals surface area contributed by atoms with Gasteiger partial charge in [0.1, 0.15) is 0 Å². The molecule has 1 aliphatic rings. The van der Waals surface area contributed by atoms with E-state index >= 15 is 0 Å². The molecule has 0 N–H and O–H groups in total. The Balaban J connectivity index is 1.61. The fraction of sp³-hybridized carbons (Fsp3) is 0.211. The summed E-state index contributed by atoms with van der Waals surface area (Å²) in [7, 11) is 1.59. The van der Waals surface area contributed by atoms with Crippen LogP contribution in [0.4, 0.5) is 13.2 Å². The first-order valence-corrected chi connectivity index (χ1v) is 7.82. The van der Waals surface area contributed by atoms with Crippen molar-refractivity contribution in [3.63, 3.8) is 0 Å². The zero-order valence-electron chi connectivity index (χ0n) is 13.9. The van der Waals surface area contributed by atoms with Crippen LogP contribution in [0.5, 0.6) is 11.5 Å². The topological polar surface area (TPSA) is 38.8 Å². The lowest BCUT2D eigenvalue weighted by Crippen LogP contribution is -2.24. The van der Waals surface area contributed by atoms with Crippen molar-refractivity contribution in [2.24, 2.45) is 0 Å². The number of hydrogen-bond donors (Lipinski definition) is 0. The van der Waals surface area contributed by atoms with E-state index < -0.39 is 11.7 Å². The predicted molar refractivity (Wildman–Crippen MR) is 89.5 cm³/mol. The Kier molecular flexibility index (Phi) is 4.88. The second kappa shape index (κ2) is 7.11. The molecule has 1 aliphatic heterocycles. The van der Waals surface area contributed by atoms with Gasteiger partial charge in [-0.2, -0.15) is 13.2 Å². The van der Waals surface area contributed by atoms with Crippen LogP contribution in [0, 0.1) is 0 Å². The highest BCUT2D eigenvalue weighted by Gasteiger charge is 2.29. The average Bonchev–Trinajstić information content (AvgIpc) is 3.07. The van der Waals surface area contributed by atoms with Crippen molar-refractivity contribution in [1.82, 2.24) is 4.90 Å². The van der Waals surface area contributed by atoms with Crippen molar-refractivity contribution in [3.05, 3.63) is 65.2 Å². The smallest absolute Gasteiger partial charge is 0.416 e. The van der Waals surface area contributed by atoms with Gasteiger partial charge in [-0.1, -0.05) is 18.2 Å². The van der Waals surface area contributed by atoms with E-state index in [0.29, 0.717) is 17.1 Å². The molecule has 1 amide bonds. The molecule has 136 valence electrons. The van der Waals surface area contributed by atoms with Gasteiger partial charge in [0.15, 0.2) is 11.5 Å². The Morgan fingerprint density at radius 3 is 2.50 bits per heavy atom. The van der Waals surface area contributed by atoms with E-state index in [4.69, 9.17) is 9.47 Å². The fourth-order valence-corrected chi connectivity index (χ4v) is 2.46. The lowest BCUT2D eigenvalue weighted by atomic mass is 10.1. The Labute approximate surface area is 148 Å². The number of nitrogens with zero attached hydrogens (tertiary/aromatic N) is 1. The first kappa shape index (κ1) is 17.8. The molecule has 7 heteroatoms. The van der Waals surface area contributed by atoms with Gasteiger partial charge in [0, 0.05) is 19.7 Å². The summed E-state index contributed by atoms with van der Waals surface area (Å²) in [5.41, 5.74) is 0.689. The molecule has 0 bridgehead atoms. The number of likely N-dealkylation sites (N-methyl/N-ethyl adjacent to an activating group) is 1. The van der Waals surface area contributed by atoms with Gasteiger partial charge in [0.25, 0.3) is 0 Å². The molecule has 26 heavy (non-hydrogen) atoms. The zero-order chi connectivity index (χ0) is 18.7. The summed E-state index contributed by atoms with van der Waals surface area (Å²) in [6.07, 6.45) is -1.32. The molecule has 0 aliphatic carbocycles. The van der Waals surface area contributed by atoms with Crippen LogP contribution in [0.25, 0.3) is 6.08 Å². The maximum Gasteiger partial charge on any atom is 0.416 e. The predicted octanol–water partition coefficient (Wildman–Crippen LogP) is 4.11. The van der Waals surface area contributed by atoms with Crippen molar-refractivity contribution in [3.8, 4) is 11.5 Å². The third-order valence-corrected chi connectivity index (χ3v) is 3.89. The number of benzene rings is 2. The minimum Gasteiger partial charge on any atom is -0.454 e. The number of carbonyl (C=O) groups excluding carboxylic acids is 1. The van der Waals surface area contributed by atoms with Gasteiger partial charge in [-0.05, 0) is 41.5 Å². The minimum atomic E-state index is -4.37. The third kappa shape index (κ3) is 4.17. The third-order valence-electron chi connectivity index (χ3n) is 3.89. The number of amides is 1. The first-order chi connectivity index (χ1) is 12.3. The Hall–Kier alpha value is -2.96. The molecule has 0 spiro atoms. The van der Waals surface area contributed by atoms with Crippen molar-refractivity contribution in [1.29, 1.82) is 0 Å². The molecule has 0 unspecified atom stereocenters. The summed E-state index contributed by atoms with van der Waals surface area (Å²) in [5, 5.41) is 0. The van der Waals surface area contributed by atoms with E-state index in [2.05, 4.69) is 0 Å². The number of hydrogen-bond acceptors (Lipinski definition) is 3. The highest BCUT2D eigenvalue weighted by Crippen LogP contribution is 2.33. The Morgan fingerprint density at radius 1 is 1.12 bits per heavy atom. The second-order valence-corrected chi connectivity index (χ2v) is 5.84. The monoisotopic (exact) mass is 363 g/mol. The highest BCUT2D eigenvalue weighted by molar-refractivity contribution is 5.91. The van der Waals surface area contributed by atoms with Crippen LogP contribution in [0.15, 0.2) is 48.5 Å². The van der Waals surface area contributed by atoms with Crippen LogP contribution < -0.4 is 9.47 Å². The van der Waals surface area contributed by atoms with Crippen LogP contribution in [-0.4, -0.2) is 24.6 Å².